The molecule has 0 aliphatic heterocycles. The second-order valence-electron chi connectivity index (χ2n) is 6.13. The van der Waals surface area contributed by atoms with Gasteiger partial charge in [-0.05, 0) is 62.2 Å². The molecule has 0 unspecified atom stereocenters. The lowest BCUT2D eigenvalue weighted by atomic mass is 10.1. The fourth-order valence-electron chi connectivity index (χ4n) is 2.63. The lowest BCUT2D eigenvalue weighted by Crippen LogP contribution is -2.37. The van der Waals surface area contributed by atoms with Crippen molar-refractivity contribution in [2.45, 2.75) is 32.6 Å². The van der Waals surface area contributed by atoms with Crippen molar-refractivity contribution in [3.63, 3.8) is 0 Å². The van der Waals surface area contributed by atoms with Crippen LogP contribution >= 0.6 is 0 Å². The Labute approximate surface area is 161 Å². The normalized spacial score (nSPS) is 11.4. The Morgan fingerprint density at radius 2 is 1.74 bits per heavy atom. The maximum atomic E-state index is 12.8. The van der Waals surface area contributed by atoms with Crippen LogP contribution in [0.2, 0.25) is 0 Å². The number of amides is 1. The summed E-state index contributed by atoms with van der Waals surface area (Å²) in [5.41, 5.74) is 2.71. The van der Waals surface area contributed by atoms with E-state index < -0.39 is 10.0 Å². The summed E-state index contributed by atoms with van der Waals surface area (Å²) in [6.45, 7) is 7.88. The first-order chi connectivity index (χ1) is 12.8. The number of benzene rings is 2. The van der Waals surface area contributed by atoms with E-state index in [9.17, 15) is 13.2 Å². The first-order valence-corrected chi connectivity index (χ1v) is 10.3. The minimum Gasteiger partial charge on any atom is -0.494 e. The Balaban J connectivity index is 2.14. The van der Waals surface area contributed by atoms with E-state index in [0.717, 1.165) is 15.4 Å². The van der Waals surface area contributed by atoms with Gasteiger partial charge < -0.3 is 10.1 Å². The van der Waals surface area contributed by atoms with Crippen LogP contribution in [0.15, 0.2) is 47.4 Å². The monoisotopic (exact) mass is 390 g/mol. The molecular weight excluding hydrogens is 364 g/mol. The van der Waals surface area contributed by atoms with Gasteiger partial charge in [0.1, 0.15) is 5.75 Å². The molecular formula is C20H26N2O4S. The van der Waals surface area contributed by atoms with Crippen molar-refractivity contribution in [1.29, 1.82) is 0 Å². The number of nitrogens with one attached hydrogen (secondary N) is 1. The minimum atomic E-state index is -3.77. The van der Waals surface area contributed by atoms with Gasteiger partial charge in [0, 0.05) is 12.2 Å². The number of likely N-dealkylation sites (N-methyl/N-ethyl adjacent to an activating group) is 1. The Bertz CT molecular complexity index is 893. The lowest BCUT2D eigenvalue weighted by molar-refractivity contribution is -0.116. The summed E-state index contributed by atoms with van der Waals surface area (Å²) in [5.74, 6) is 0.229. The summed E-state index contributed by atoms with van der Waals surface area (Å²) in [5, 5.41) is 2.80. The van der Waals surface area contributed by atoms with Crippen LogP contribution in [0.5, 0.6) is 5.75 Å². The van der Waals surface area contributed by atoms with Gasteiger partial charge >= 0.3 is 0 Å². The van der Waals surface area contributed by atoms with Gasteiger partial charge in [-0.15, -0.1) is 0 Å². The molecule has 0 fully saturated rings. The average molecular weight is 391 g/mol. The average Bonchev–Trinajstić information content (AvgIpc) is 2.64. The van der Waals surface area contributed by atoms with Gasteiger partial charge in [0.05, 0.1) is 18.0 Å². The van der Waals surface area contributed by atoms with E-state index in [-0.39, 0.29) is 23.9 Å². The van der Waals surface area contributed by atoms with Crippen LogP contribution in [0, 0.1) is 13.8 Å². The summed E-state index contributed by atoms with van der Waals surface area (Å²) in [6.07, 6.45) is 0. The van der Waals surface area contributed by atoms with Gasteiger partial charge in [-0.3, -0.25) is 4.79 Å². The number of ether oxygens (including phenoxy) is 1. The quantitative estimate of drug-likeness (QED) is 0.750. The molecule has 0 spiro atoms. The van der Waals surface area contributed by atoms with E-state index in [2.05, 4.69) is 5.32 Å². The smallest absolute Gasteiger partial charge is 0.243 e. The second-order valence-corrected chi connectivity index (χ2v) is 8.07. The fraction of sp³-hybridized carbons (Fsp3) is 0.350. The largest absolute Gasteiger partial charge is 0.494 e. The third kappa shape index (κ3) is 5.08. The summed E-state index contributed by atoms with van der Waals surface area (Å²) in [7, 11) is -3.77. The molecule has 2 aromatic rings. The third-order valence-electron chi connectivity index (χ3n) is 4.32. The number of carbonyl (C=O) groups is 1. The molecule has 0 atom stereocenters. The first kappa shape index (κ1) is 20.9. The zero-order chi connectivity index (χ0) is 20.0. The van der Waals surface area contributed by atoms with Crippen LogP contribution in [0.4, 0.5) is 5.69 Å². The third-order valence-corrected chi connectivity index (χ3v) is 6.26. The number of nitrogens with zero attached hydrogens (tertiary/aromatic N) is 1. The lowest BCUT2D eigenvalue weighted by Gasteiger charge is -2.20. The highest BCUT2D eigenvalue weighted by Gasteiger charge is 2.25. The van der Waals surface area contributed by atoms with E-state index in [1.807, 2.05) is 32.9 Å². The molecule has 2 aromatic carbocycles. The number of rotatable bonds is 8. The molecule has 1 N–H and O–H groups in total. The van der Waals surface area contributed by atoms with E-state index >= 15 is 0 Å². The van der Waals surface area contributed by atoms with Crippen LogP contribution in [0.25, 0.3) is 0 Å². The fourth-order valence-corrected chi connectivity index (χ4v) is 4.03. The molecule has 0 aromatic heterocycles. The van der Waals surface area contributed by atoms with Gasteiger partial charge in [0.25, 0.3) is 0 Å². The van der Waals surface area contributed by atoms with E-state index in [1.54, 1.807) is 25.1 Å². The molecule has 0 aliphatic rings. The molecule has 6 nitrogen and oxygen atoms in total. The molecule has 0 bridgehead atoms. The summed E-state index contributed by atoms with van der Waals surface area (Å²) < 4.78 is 32.2. The van der Waals surface area contributed by atoms with Gasteiger partial charge in [0.15, 0.2) is 0 Å². The second kappa shape index (κ2) is 9.01. The summed E-state index contributed by atoms with van der Waals surface area (Å²) in [4.78, 5) is 12.6. The van der Waals surface area contributed by atoms with E-state index in [4.69, 9.17) is 4.74 Å². The van der Waals surface area contributed by atoms with Crippen LogP contribution in [0.1, 0.15) is 25.0 Å². The van der Waals surface area contributed by atoms with E-state index in [1.165, 1.54) is 12.1 Å². The van der Waals surface area contributed by atoms with Crippen LogP contribution in [0.3, 0.4) is 0 Å². The molecule has 0 radical (unpaired) electrons. The zero-order valence-corrected chi connectivity index (χ0v) is 17.0. The standard InChI is InChI=1S/C20H26N2O4S/c1-5-22(14-20(23)21-19-9-7-8-15(3)16(19)4)27(24,25)18-12-10-17(11-13-18)26-6-2/h7-13H,5-6,14H2,1-4H3,(H,21,23). The molecule has 0 heterocycles. The number of hydrogen-bond donors (Lipinski definition) is 1. The van der Waals surface area contributed by atoms with Crippen molar-refractivity contribution in [3.8, 4) is 5.75 Å². The van der Waals surface area contributed by atoms with Crippen molar-refractivity contribution in [3.05, 3.63) is 53.6 Å². The number of aryl methyl sites for hydroxylation is 1. The Hall–Kier alpha value is -2.38. The Kier molecular flexibility index (Phi) is 6.98. The van der Waals surface area contributed by atoms with Crippen LogP contribution < -0.4 is 10.1 Å². The summed E-state index contributed by atoms with van der Waals surface area (Å²) >= 11 is 0. The van der Waals surface area contributed by atoms with Crippen LogP contribution in [-0.4, -0.2) is 38.3 Å². The van der Waals surface area contributed by atoms with Gasteiger partial charge in [0.2, 0.25) is 15.9 Å². The molecule has 7 heteroatoms. The Morgan fingerprint density at radius 3 is 2.33 bits per heavy atom. The maximum Gasteiger partial charge on any atom is 0.243 e. The van der Waals surface area contributed by atoms with Crippen molar-refractivity contribution in [2.24, 2.45) is 0 Å². The molecule has 0 aliphatic carbocycles. The van der Waals surface area contributed by atoms with E-state index in [0.29, 0.717) is 18.0 Å². The first-order valence-electron chi connectivity index (χ1n) is 8.88. The molecule has 0 saturated heterocycles. The molecule has 1 amide bonds. The highest BCUT2D eigenvalue weighted by atomic mass is 32.2. The van der Waals surface area contributed by atoms with Crippen molar-refractivity contribution in [2.75, 3.05) is 25.0 Å². The van der Waals surface area contributed by atoms with Crippen LogP contribution in [-0.2, 0) is 14.8 Å². The molecule has 146 valence electrons. The number of anilines is 1. The van der Waals surface area contributed by atoms with Crippen molar-refractivity contribution in [1.82, 2.24) is 4.31 Å². The number of hydrogen-bond acceptors (Lipinski definition) is 4. The Morgan fingerprint density at radius 1 is 1.07 bits per heavy atom. The predicted molar refractivity (Wildman–Crippen MR) is 107 cm³/mol. The molecule has 2 rings (SSSR count). The predicted octanol–water partition coefficient (Wildman–Crippen LogP) is 3.35. The number of sulfonamides is 1. The highest BCUT2D eigenvalue weighted by molar-refractivity contribution is 7.89. The minimum absolute atomic E-state index is 0.132. The SMILES string of the molecule is CCOc1ccc(S(=O)(=O)N(CC)CC(=O)Nc2cccc(C)c2C)cc1. The summed E-state index contributed by atoms with van der Waals surface area (Å²) in [6, 6.07) is 11.8. The highest BCUT2D eigenvalue weighted by Crippen LogP contribution is 2.21. The number of carbonyl (C=O) groups excluding carboxylic acids is 1. The molecule has 0 saturated carbocycles. The molecule has 27 heavy (non-hydrogen) atoms. The van der Waals surface area contributed by atoms with Crippen molar-refractivity contribution < 1.29 is 17.9 Å². The van der Waals surface area contributed by atoms with Gasteiger partial charge in [-0.2, -0.15) is 4.31 Å². The maximum absolute atomic E-state index is 12.8. The zero-order valence-electron chi connectivity index (χ0n) is 16.2. The topological polar surface area (TPSA) is 75.7 Å². The van der Waals surface area contributed by atoms with Gasteiger partial charge in [-0.1, -0.05) is 19.1 Å². The van der Waals surface area contributed by atoms with Gasteiger partial charge in [-0.25, -0.2) is 8.42 Å². The van der Waals surface area contributed by atoms with Crippen molar-refractivity contribution >= 4 is 21.6 Å².